The standard InChI is InChI=1S/C49H29N3/c1-2-12-30(13-3-1)31-24-26-33(27-25-31)47-50-41-22-9-6-17-36(41)48(51-47)52-42-23-11-21-40-45(42)46-43(52)29-28-32-14-10-20-39(44(32)46)49(40)37-18-7-4-15-34(37)35-16-5-8-19-38(35)49/h1-29H. The molecule has 0 aliphatic heterocycles. The van der Waals surface area contributed by atoms with Crippen LogP contribution >= 0.6 is 0 Å². The number of nitrogens with zero attached hydrogens (tertiary/aromatic N) is 3. The Bertz CT molecular complexity index is 3070. The first-order valence-electron chi connectivity index (χ1n) is 17.9. The molecule has 3 nitrogen and oxygen atoms in total. The summed E-state index contributed by atoms with van der Waals surface area (Å²) in [4.78, 5) is 10.6. The first-order valence-corrected chi connectivity index (χ1v) is 17.9. The van der Waals surface area contributed by atoms with Crippen LogP contribution in [0.5, 0.6) is 0 Å². The Hall–Kier alpha value is -6.84. The third-order valence-corrected chi connectivity index (χ3v) is 11.6. The summed E-state index contributed by atoms with van der Waals surface area (Å²) < 4.78 is 2.40. The Labute approximate surface area is 300 Å². The highest BCUT2D eigenvalue weighted by Crippen LogP contribution is 2.62. The highest BCUT2D eigenvalue weighted by atomic mass is 15.1. The molecule has 0 bridgehead atoms. The van der Waals surface area contributed by atoms with Crippen molar-refractivity contribution < 1.29 is 0 Å². The van der Waals surface area contributed by atoms with E-state index < -0.39 is 5.41 Å². The predicted molar refractivity (Wildman–Crippen MR) is 213 cm³/mol. The van der Waals surface area contributed by atoms with Crippen LogP contribution in [0.1, 0.15) is 22.3 Å². The van der Waals surface area contributed by atoms with Gasteiger partial charge in [-0.15, -0.1) is 0 Å². The molecular weight excluding hydrogens is 631 g/mol. The first kappa shape index (κ1) is 27.9. The van der Waals surface area contributed by atoms with Gasteiger partial charge in [0.15, 0.2) is 5.82 Å². The van der Waals surface area contributed by atoms with E-state index in [0.29, 0.717) is 5.82 Å². The second-order valence-electron chi connectivity index (χ2n) is 14.1. The number of fused-ring (bicyclic) bond motifs is 8. The number of benzene rings is 8. The maximum absolute atomic E-state index is 5.46. The SMILES string of the molecule is c1ccc(-c2ccc(-c3nc(-n4c5cccc6c5c5c7c(cccc7ccc54)C64c5ccccc5-c5ccccc54)c4ccccc4n3)cc2)cc1. The van der Waals surface area contributed by atoms with Gasteiger partial charge in [-0.1, -0.05) is 152 Å². The molecule has 12 rings (SSSR count). The molecule has 0 saturated carbocycles. The van der Waals surface area contributed by atoms with Gasteiger partial charge in [-0.2, -0.15) is 0 Å². The Balaban J connectivity index is 1.19. The highest BCUT2D eigenvalue weighted by molar-refractivity contribution is 6.26. The molecule has 0 amide bonds. The second-order valence-corrected chi connectivity index (χ2v) is 14.1. The molecule has 2 heterocycles. The van der Waals surface area contributed by atoms with Crippen LogP contribution < -0.4 is 0 Å². The summed E-state index contributed by atoms with van der Waals surface area (Å²) in [6, 6.07) is 64.0. The van der Waals surface area contributed by atoms with Gasteiger partial charge in [-0.3, -0.25) is 4.57 Å². The summed E-state index contributed by atoms with van der Waals surface area (Å²) in [5.74, 6) is 1.61. The van der Waals surface area contributed by atoms with Crippen LogP contribution in [0.2, 0.25) is 0 Å². The zero-order valence-corrected chi connectivity index (χ0v) is 28.1. The zero-order valence-electron chi connectivity index (χ0n) is 28.1. The van der Waals surface area contributed by atoms with Gasteiger partial charge >= 0.3 is 0 Å². The maximum Gasteiger partial charge on any atom is 0.162 e. The van der Waals surface area contributed by atoms with Crippen LogP contribution in [-0.4, -0.2) is 14.5 Å². The zero-order chi connectivity index (χ0) is 34.0. The van der Waals surface area contributed by atoms with Crippen molar-refractivity contribution in [3.05, 3.63) is 198 Å². The van der Waals surface area contributed by atoms with Crippen LogP contribution in [-0.2, 0) is 5.41 Å². The second kappa shape index (κ2) is 10.1. The van der Waals surface area contributed by atoms with Crippen LogP contribution in [0.25, 0.3) is 82.9 Å². The third kappa shape index (κ3) is 3.45. The maximum atomic E-state index is 5.46. The topological polar surface area (TPSA) is 30.7 Å². The number of hydrogen-bond donors (Lipinski definition) is 0. The monoisotopic (exact) mass is 659 g/mol. The van der Waals surface area contributed by atoms with Gasteiger partial charge < -0.3 is 0 Å². The fourth-order valence-corrected chi connectivity index (χ4v) is 9.54. The van der Waals surface area contributed by atoms with E-state index in [1.165, 1.54) is 66.1 Å². The van der Waals surface area contributed by atoms with E-state index in [-0.39, 0.29) is 0 Å². The fourth-order valence-electron chi connectivity index (χ4n) is 9.54. The summed E-state index contributed by atoms with van der Waals surface area (Å²) >= 11 is 0. The minimum atomic E-state index is -0.445. The van der Waals surface area contributed by atoms with Gasteiger partial charge in [-0.05, 0) is 79.5 Å². The van der Waals surface area contributed by atoms with Crippen LogP contribution in [0.3, 0.4) is 0 Å². The van der Waals surface area contributed by atoms with E-state index in [0.717, 1.165) is 33.3 Å². The third-order valence-electron chi connectivity index (χ3n) is 11.6. The van der Waals surface area contributed by atoms with Crippen LogP contribution in [0, 0.1) is 0 Å². The Morgan fingerprint density at radius 1 is 0.385 bits per heavy atom. The summed E-state index contributed by atoms with van der Waals surface area (Å²) in [6.07, 6.45) is 0. The minimum Gasteiger partial charge on any atom is -0.293 e. The van der Waals surface area contributed by atoms with E-state index in [1.807, 2.05) is 0 Å². The first-order chi connectivity index (χ1) is 25.8. The quantitative estimate of drug-likeness (QED) is 0.189. The molecule has 0 fully saturated rings. The van der Waals surface area contributed by atoms with E-state index in [2.05, 4.69) is 180 Å². The largest absolute Gasteiger partial charge is 0.293 e. The number of aromatic nitrogens is 3. The molecule has 2 aliphatic carbocycles. The van der Waals surface area contributed by atoms with E-state index >= 15 is 0 Å². The molecule has 0 radical (unpaired) electrons. The number of para-hydroxylation sites is 1. The molecule has 0 N–H and O–H groups in total. The van der Waals surface area contributed by atoms with Gasteiger partial charge in [0.2, 0.25) is 0 Å². The number of hydrogen-bond acceptors (Lipinski definition) is 2. The lowest BCUT2D eigenvalue weighted by molar-refractivity contribution is 0.783. The lowest BCUT2D eigenvalue weighted by atomic mass is 9.63. The Kier molecular flexibility index (Phi) is 5.43. The van der Waals surface area contributed by atoms with Crippen molar-refractivity contribution in [3.63, 3.8) is 0 Å². The summed E-state index contributed by atoms with van der Waals surface area (Å²) in [5, 5.41) is 6.19. The van der Waals surface area contributed by atoms with Gasteiger partial charge in [0.1, 0.15) is 5.82 Å². The molecule has 8 aromatic carbocycles. The molecular formula is C49H29N3. The van der Waals surface area contributed by atoms with Crippen LogP contribution in [0.4, 0.5) is 0 Å². The van der Waals surface area contributed by atoms with Gasteiger partial charge in [0.25, 0.3) is 0 Å². The molecule has 3 heteroatoms. The normalized spacial score (nSPS) is 13.5. The fraction of sp³-hybridized carbons (Fsp3) is 0.0204. The van der Waals surface area contributed by atoms with Crippen molar-refractivity contribution >= 4 is 43.5 Å². The van der Waals surface area contributed by atoms with Crippen molar-refractivity contribution in [1.29, 1.82) is 0 Å². The highest BCUT2D eigenvalue weighted by Gasteiger charge is 2.50. The van der Waals surface area contributed by atoms with E-state index in [1.54, 1.807) is 0 Å². The number of rotatable bonds is 3. The predicted octanol–water partition coefficient (Wildman–Crippen LogP) is 11.9. The Morgan fingerprint density at radius 2 is 0.981 bits per heavy atom. The summed E-state index contributed by atoms with van der Waals surface area (Å²) in [7, 11) is 0. The van der Waals surface area contributed by atoms with E-state index in [4.69, 9.17) is 9.97 Å². The average molecular weight is 660 g/mol. The smallest absolute Gasteiger partial charge is 0.162 e. The minimum absolute atomic E-state index is 0.445. The molecule has 0 atom stereocenters. The van der Waals surface area contributed by atoms with Crippen LogP contribution in [0.15, 0.2) is 176 Å². The van der Waals surface area contributed by atoms with Gasteiger partial charge in [-0.25, -0.2) is 9.97 Å². The van der Waals surface area contributed by atoms with Crippen molar-refractivity contribution in [3.8, 4) is 39.5 Å². The molecule has 2 aromatic heterocycles. The summed E-state index contributed by atoms with van der Waals surface area (Å²) in [5.41, 5.74) is 14.1. The molecule has 10 aromatic rings. The molecule has 0 saturated heterocycles. The van der Waals surface area contributed by atoms with Gasteiger partial charge in [0, 0.05) is 21.7 Å². The lowest BCUT2D eigenvalue weighted by Crippen LogP contribution is -2.30. The molecule has 240 valence electrons. The molecule has 1 spiro atoms. The average Bonchev–Trinajstić information content (AvgIpc) is 3.71. The van der Waals surface area contributed by atoms with Crippen molar-refractivity contribution in [2.24, 2.45) is 0 Å². The lowest BCUT2D eigenvalue weighted by Gasteiger charge is -2.37. The van der Waals surface area contributed by atoms with Crippen molar-refractivity contribution in [1.82, 2.24) is 14.5 Å². The Morgan fingerprint density at radius 3 is 1.77 bits per heavy atom. The molecule has 2 aliphatic rings. The van der Waals surface area contributed by atoms with Gasteiger partial charge in [0.05, 0.1) is 22.0 Å². The molecule has 0 unspecified atom stereocenters. The van der Waals surface area contributed by atoms with Crippen molar-refractivity contribution in [2.75, 3.05) is 0 Å². The molecule has 52 heavy (non-hydrogen) atoms. The van der Waals surface area contributed by atoms with Crippen molar-refractivity contribution in [2.45, 2.75) is 5.41 Å². The van der Waals surface area contributed by atoms with E-state index in [9.17, 15) is 0 Å². The summed E-state index contributed by atoms with van der Waals surface area (Å²) in [6.45, 7) is 0.